The quantitative estimate of drug-likeness (QED) is 0.399. The zero-order valence-electron chi connectivity index (χ0n) is 10.5. The molecule has 3 atom stereocenters. The Hall–Kier alpha value is 0.640. The molecule has 7 heteroatoms. The molecule has 1 aliphatic heterocycles. The van der Waals surface area contributed by atoms with Gasteiger partial charge in [-0.25, -0.2) is 0 Å². The number of carboxylic acid groups (broad SMARTS) is 2. The van der Waals surface area contributed by atoms with E-state index in [2.05, 4.69) is 11.9 Å². The Labute approximate surface area is 145 Å². The Morgan fingerprint density at radius 1 is 1.35 bits per heavy atom. The van der Waals surface area contributed by atoms with Crippen molar-refractivity contribution in [2.45, 2.75) is 19.4 Å². The van der Waals surface area contributed by atoms with Crippen LogP contribution in [0.2, 0.25) is 0 Å². The van der Waals surface area contributed by atoms with Crippen LogP contribution in [-0.4, -0.2) is 24.5 Å². The summed E-state index contributed by atoms with van der Waals surface area (Å²) < 4.78 is 0. The van der Waals surface area contributed by atoms with Crippen LogP contribution in [0.3, 0.4) is 0 Å². The molecule has 0 aromatic carbocycles. The summed E-state index contributed by atoms with van der Waals surface area (Å²) in [6.07, 6.45) is -0.289. The maximum atomic E-state index is 10.7. The van der Waals surface area contributed by atoms with E-state index >= 15 is 0 Å². The summed E-state index contributed by atoms with van der Waals surface area (Å²) in [6, 6.07) is -0.926. The Morgan fingerprint density at radius 3 is 2.24 bits per heavy atom. The van der Waals surface area contributed by atoms with Crippen LogP contribution in [0.15, 0.2) is 12.2 Å². The van der Waals surface area contributed by atoms with Gasteiger partial charge in [0.25, 0.3) is 0 Å². The number of rotatable bonds is 4. The smallest absolute Gasteiger partial charge is 0.550 e. The molecule has 0 aromatic heterocycles. The molecule has 84 valence electrons. The van der Waals surface area contributed by atoms with E-state index in [1.54, 1.807) is 6.92 Å². The minimum atomic E-state index is -1.27. The van der Waals surface area contributed by atoms with Crippen LogP contribution in [0.25, 0.3) is 0 Å². The third kappa shape index (κ3) is 5.42. The molecule has 1 fully saturated rings. The maximum Gasteiger partial charge on any atom is 1.00 e. The molecule has 0 saturated carbocycles. The summed E-state index contributed by atoms with van der Waals surface area (Å²) in [5.74, 6) is -3.20. The van der Waals surface area contributed by atoms with E-state index in [4.69, 9.17) is 0 Å². The minimum Gasteiger partial charge on any atom is -0.550 e. The number of hydrogen-bond acceptors (Lipinski definition) is 5. The first-order valence-corrected chi connectivity index (χ1v) is 4.73. The fourth-order valence-electron chi connectivity index (χ4n) is 2.04. The Bertz CT molecular complexity index is 287. The molecule has 0 bridgehead atoms. The summed E-state index contributed by atoms with van der Waals surface area (Å²) in [4.78, 5) is 21.3. The van der Waals surface area contributed by atoms with Crippen molar-refractivity contribution in [3.05, 3.63) is 12.2 Å². The topological polar surface area (TPSA) is 92.3 Å². The standard InChI is InChI=1S/C10H15NO4.2Na/c1-5(2)7-4-11-9(10(14)15)6(7)3-8(12)13;;/h6-7,9,11H,1,3-4H2,2H3,(H,12,13)(H,14,15);;/q;2*+1/p-2/t6-,7+,9-;;/m0../s1. The van der Waals surface area contributed by atoms with E-state index in [0.29, 0.717) is 6.54 Å². The molecule has 5 nitrogen and oxygen atoms in total. The van der Waals surface area contributed by atoms with Gasteiger partial charge in [-0.3, -0.25) is 0 Å². The van der Waals surface area contributed by atoms with Gasteiger partial charge in [0.1, 0.15) is 0 Å². The molecule has 0 amide bonds. The molecular weight excluding hydrogens is 244 g/mol. The molecule has 1 N–H and O–H groups in total. The van der Waals surface area contributed by atoms with Crippen molar-refractivity contribution in [3.63, 3.8) is 0 Å². The van der Waals surface area contributed by atoms with Gasteiger partial charge in [0.05, 0.1) is 12.0 Å². The summed E-state index contributed by atoms with van der Waals surface area (Å²) >= 11 is 0. The van der Waals surface area contributed by atoms with Crippen LogP contribution < -0.4 is 74.6 Å². The van der Waals surface area contributed by atoms with Gasteiger partial charge in [0.15, 0.2) is 0 Å². The SMILES string of the molecule is C=C(C)[C@H]1CN[C@H](C(=O)[O-])[C@H]1CC(=O)[O-].[Na+].[Na+]. The summed E-state index contributed by atoms with van der Waals surface area (Å²) in [5, 5.41) is 24.0. The maximum absolute atomic E-state index is 10.7. The van der Waals surface area contributed by atoms with Crippen molar-refractivity contribution >= 4 is 11.9 Å². The van der Waals surface area contributed by atoms with E-state index in [0.717, 1.165) is 5.57 Å². The molecule has 1 heterocycles. The second kappa shape index (κ2) is 8.69. The molecule has 17 heavy (non-hydrogen) atoms. The first-order chi connectivity index (χ1) is 6.93. The van der Waals surface area contributed by atoms with Gasteiger partial charge in [0.2, 0.25) is 0 Å². The van der Waals surface area contributed by atoms with Crippen LogP contribution in [0, 0.1) is 11.8 Å². The van der Waals surface area contributed by atoms with Crippen molar-refractivity contribution in [1.82, 2.24) is 5.32 Å². The van der Waals surface area contributed by atoms with Crippen molar-refractivity contribution in [1.29, 1.82) is 0 Å². The molecular formula is C10H13NNa2O4. The van der Waals surface area contributed by atoms with E-state index in [9.17, 15) is 19.8 Å². The summed E-state index contributed by atoms with van der Waals surface area (Å²) in [6.45, 7) is 5.90. The second-order valence-electron chi connectivity index (χ2n) is 3.90. The second-order valence-corrected chi connectivity index (χ2v) is 3.90. The zero-order chi connectivity index (χ0) is 11.6. The Balaban J connectivity index is 0. The predicted molar refractivity (Wildman–Crippen MR) is 48.2 cm³/mol. The molecule has 1 aliphatic rings. The van der Waals surface area contributed by atoms with Crippen LogP contribution in [0.5, 0.6) is 0 Å². The molecule has 0 unspecified atom stereocenters. The minimum absolute atomic E-state index is 0. The van der Waals surface area contributed by atoms with Crippen LogP contribution in [0.1, 0.15) is 13.3 Å². The molecule has 0 spiro atoms. The molecule has 1 rings (SSSR count). The first-order valence-electron chi connectivity index (χ1n) is 4.73. The number of carbonyl (C=O) groups is 2. The molecule has 0 radical (unpaired) electrons. The summed E-state index contributed by atoms with van der Waals surface area (Å²) in [5.41, 5.74) is 0.775. The number of nitrogens with one attached hydrogen (secondary N) is 1. The Morgan fingerprint density at radius 2 is 1.88 bits per heavy atom. The molecule has 1 saturated heterocycles. The van der Waals surface area contributed by atoms with Gasteiger partial charge in [-0.15, -0.1) is 0 Å². The van der Waals surface area contributed by atoms with Crippen LogP contribution >= 0.6 is 0 Å². The molecule has 0 aliphatic carbocycles. The Kier molecular flexibility index (Phi) is 10.2. The average Bonchev–Trinajstić information content (AvgIpc) is 2.46. The van der Waals surface area contributed by atoms with Gasteiger partial charge in [-0.2, -0.15) is 0 Å². The monoisotopic (exact) mass is 257 g/mol. The number of hydrogen-bond donors (Lipinski definition) is 1. The van der Waals surface area contributed by atoms with E-state index in [1.165, 1.54) is 0 Å². The molecule has 0 aromatic rings. The average molecular weight is 257 g/mol. The normalized spacial score (nSPS) is 26.5. The fourth-order valence-corrected chi connectivity index (χ4v) is 2.04. The predicted octanol–water partition coefficient (Wildman–Crippen LogP) is -8.34. The van der Waals surface area contributed by atoms with Gasteiger partial charge in [-0.05, 0) is 25.2 Å². The van der Waals surface area contributed by atoms with Crippen molar-refractivity contribution in [2.24, 2.45) is 11.8 Å². The fraction of sp³-hybridized carbons (Fsp3) is 0.600. The van der Waals surface area contributed by atoms with Gasteiger partial charge < -0.3 is 25.1 Å². The van der Waals surface area contributed by atoms with E-state index in [-0.39, 0.29) is 71.5 Å². The van der Waals surface area contributed by atoms with Gasteiger partial charge in [0, 0.05) is 12.5 Å². The van der Waals surface area contributed by atoms with Crippen LogP contribution in [-0.2, 0) is 9.59 Å². The summed E-state index contributed by atoms with van der Waals surface area (Å²) in [7, 11) is 0. The van der Waals surface area contributed by atoms with Crippen molar-refractivity contribution < 1.29 is 78.9 Å². The van der Waals surface area contributed by atoms with Gasteiger partial charge >= 0.3 is 59.1 Å². The third-order valence-electron chi connectivity index (χ3n) is 2.79. The van der Waals surface area contributed by atoms with E-state index < -0.39 is 23.9 Å². The van der Waals surface area contributed by atoms with Crippen molar-refractivity contribution in [3.8, 4) is 0 Å². The first kappa shape index (κ1) is 20.0. The third-order valence-corrected chi connectivity index (χ3v) is 2.79. The van der Waals surface area contributed by atoms with E-state index in [1.807, 2.05) is 0 Å². The number of carbonyl (C=O) groups excluding carboxylic acids is 2. The van der Waals surface area contributed by atoms with Crippen molar-refractivity contribution in [2.75, 3.05) is 6.54 Å². The number of aliphatic carboxylic acids is 2. The zero-order valence-corrected chi connectivity index (χ0v) is 14.5. The number of carboxylic acids is 2. The van der Waals surface area contributed by atoms with Gasteiger partial charge in [-0.1, -0.05) is 12.2 Å². The van der Waals surface area contributed by atoms with Crippen LogP contribution in [0.4, 0.5) is 0 Å². The largest absolute Gasteiger partial charge is 1.00 e.